The minimum atomic E-state index is -0.507. The second-order valence-electron chi connectivity index (χ2n) is 2.45. The molecular weight excluding hydrogens is 144 g/mol. The molecule has 0 aromatic carbocycles. The molecule has 0 saturated heterocycles. The molecule has 0 aromatic heterocycles. The monoisotopic (exact) mass is 158 g/mol. The summed E-state index contributed by atoms with van der Waals surface area (Å²) in [4.78, 5) is 20.6. The highest BCUT2D eigenvalue weighted by molar-refractivity contribution is 5.75. The highest BCUT2D eigenvalue weighted by Crippen LogP contribution is 1.93. The fourth-order valence-corrected chi connectivity index (χ4v) is 0.711. The first-order valence-electron chi connectivity index (χ1n) is 3.65. The number of carbonyl (C=O) groups excluding carboxylic acids is 2. The Labute approximate surface area is 66.1 Å². The summed E-state index contributed by atoms with van der Waals surface area (Å²) in [7, 11) is 0. The maximum atomic E-state index is 10.4. The summed E-state index contributed by atoms with van der Waals surface area (Å²) >= 11 is 0. The van der Waals surface area contributed by atoms with Crippen LogP contribution >= 0.6 is 0 Å². The van der Waals surface area contributed by atoms with Gasteiger partial charge in [-0.2, -0.15) is 0 Å². The zero-order chi connectivity index (χ0) is 8.69. The number of hydrogen-bond acceptors (Lipinski definition) is 2. The molecule has 0 aromatic rings. The SMILES string of the molecule is CC(=O)CCCCNC(N)=O. The molecule has 0 unspecified atom stereocenters. The van der Waals surface area contributed by atoms with Crippen LogP contribution in [0.5, 0.6) is 0 Å². The molecule has 0 aliphatic carbocycles. The van der Waals surface area contributed by atoms with E-state index >= 15 is 0 Å². The lowest BCUT2D eigenvalue weighted by Crippen LogP contribution is -2.30. The first kappa shape index (κ1) is 9.94. The Morgan fingerprint density at radius 2 is 2.00 bits per heavy atom. The summed E-state index contributed by atoms with van der Waals surface area (Å²) in [6, 6.07) is -0.507. The Balaban J connectivity index is 3.03. The molecule has 0 radical (unpaired) electrons. The second-order valence-corrected chi connectivity index (χ2v) is 2.45. The van der Waals surface area contributed by atoms with Crippen molar-refractivity contribution in [3.8, 4) is 0 Å². The van der Waals surface area contributed by atoms with Gasteiger partial charge in [0.1, 0.15) is 5.78 Å². The molecule has 2 amide bonds. The lowest BCUT2D eigenvalue weighted by atomic mass is 10.2. The smallest absolute Gasteiger partial charge is 0.312 e. The lowest BCUT2D eigenvalue weighted by Gasteiger charge is -1.99. The molecule has 0 rings (SSSR count). The molecular formula is C7H14N2O2. The first-order chi connectivity index (χ1) is 5.13. The van der Waals surface area contributed by atoms with Crippen LogP contribution in [0.25, 0.3) is 0 Å². The van der Waals surface area contributed by atoms with E-state index in [1.54, 1.807) is 6.92 Å². The van der Waals surface area contributed by atoms with Crippen LogP contribution in [0.4, 0.5) is 4.79 Å². The Hall–Kier alpha value is -1.06. The summed E-state index contributed by atoms with van der Waals surface area (Å²) in [6.07, 6.45) is 2.21. The number of carbonyl (C=O) groups is 2. The van der Waals surface area contributed by atoms with E-state index in [1.807, 2.05) is 0 Å². The van der Waals surface area contributed by atoms with Gasteiger partial charge in [-0.05, 0) is 19.8 Å². The first-order valence-corrected chi connectivity index (χ1v) is 3.65. The zero-order valence-corrected chi connectivity index (χ0v) is 6.72. The summed E-state index contributed by atoms with van der Waals surface area (Å²) < 4.78 is 0. The van der Waals surface area contributed by atoms with E-state index in [-0.39, 0.29) is 5.78 Å². The molecule has 4 heteroatoms. The topological polar surface area (TPSA) is 72.2 Å². The van der Waals surface area contributed by atoms with Gasteiger partial charge in [-0.1, -0.05) is 0 Å². The average molecular weight is 158 g/mol. The van der Waals surface area contributed by atoms with E-state index in [4.69, 9.17) is 5.73 Å². The van der Waals surface area contributed by atoms with Crippen LogP contribution in [0.3, 0.4) is 0 Å². The fraction of sp³-hybridized carbons (Fsp3) is 0.714. The summed E-state index contributed by atoms with van der Waals surface area (Å²) in [5, 5.41) is 2.45. The van der Waals surface area contributed by atoms with Gasteiger partial charge < -0.3 is 15.8 Å². The molecule has 4 nitrogen and oxygen atoms in total. The van der Waals surface area contributed by atoms with Gasteiger partial charge in [0.25, 0.3) is 0 Å². The van der Waals surface area contributed by atoms with Crippen molar-refractivity contribution in [2.75, 3.05) is 6.54 Å². The number of primary amides is 1. The Morgan fingerprint density at radius 1 is 1.36 bits per heavy atom. The molecule has 0 spiro atoms. The van der Waals surface area contributed by atoms with Crippen molar-refractivity contribution in [3.63, 3.8) is 0 Å². The van der Waals surface area contributed by atoms with Crippen LogP contribution in [0, 0.1) is 0 Å². The number of nitrogens with one attached hydrogen (secondary N) is 1. The van der Waals surface area contributed by atoms with E-state index in [2.05, 4.69) is 5.32 Å². The van der Waals surface area contributed by atoms with Gasteiger partial charge in [-0.3, -0.25) is 0 Å². The van der Waals surface area contributed by atoms with Crippen molar-refractivity contribution >= 4 is 11.8 Å². The fourth-order valence-electron chi connectivity index (χ4n) is 0.711. The Kier molecular flexibility index (Phi) is 5.15. The molecule has 11 heavy (non-hydrogen) atoms. The maximum Gasteiger partial charge on any atom is 0.312 e. The number of rotatable bonds is 5. The predicted octanol–water partition coefficient (Wildman–Crippen LogP) is 0.414. The van der Waals surface area contributed by atoms with Crippen LogP contribution < -0.4 is 11.1 Å². The lowest BCUT2D eigenvalue weighted by molar-refractivity contribution is -0.117. The number of unbranched alkanes of at least 4 members (excludes halogenated alkanes) is 1. The zero-order valence-electron chi connectivity index (χ0n) is 6.72. The molecule has 0 aliphatic heterocycles. The van der Waals surface area contributed by atoms with Crippen LogP contribution in [0.2, 0.25) is 0 Å². The standard InChI is InChI=1S/C7H14N2O2/c1-6(10)4-2-3-5-9-7(8)11/h2-5H2,1H3,(H3,8,9,11). The number of amides is 2. The molecule has 0 bridgehead atoms. The Morgan fingerprint density at radius 3 is 2.45 bits per heavy atom. The van der Waals surface area contributed by atoms with Crippen molar-refractivity contribution in [1.29, 1.82) is 0 Å². The van der Waals surface area contributed by atoms with Gasteiger partial charge in [0, 0.05) is 13.0 Å². The molecule has 0 atom stereocenters. The average Bonchev–Trinajstić information content (AvgIpc) is 1.85. The highest BCUT2D eigenvalue weighted by atomic mass is 16.2. The summed E-state index contributed by atoms with van der Waals surface area (Å²) in [6.45, 7) is 2.12. The van der Waals surface area contributed by atoms with Gasteiger partial charge in [0.05, 0.1) is 0 Å². The summed E-state index contributed by atoms with van der Waals surface area (Å²) in [5.74, 6) is 0.184. The van der Waals surface area contributed by atoms with Crippen LogP contribution in [0.1, 0.15) is 26.2 Å². The number of nitrogens with two attached hydrogens (primary N) is 1. The van der Waals surface area contributed by atoms with E-state index in [1.165, 1.54) is 0 Å². The minimum Gasteiger partial charge on any atom is -0.352 e. The highest BCUT2D eigenvalue weighted by Gasteiger charge is 1.94. The quantitative estimate of drug-likeness (QED) is 0.569. The normalized spacial score (nSPS) is 9.18. The van der Waals surface area contributed by atoms with Crippen molar-refractivity contribution in [3.05, 3.63) is 0 Å². The molecule has 0 aliphatic rings. The number of urea groups is 1. The van der Waals surface area contributed by atoms with Crippen molar-refractivity contribution < 1.29 is 9.59 Å². The largest absolute Gasteiger partial charge is 0.352 e. The van der Waals surface area contributed by atoms with Gasteiger partial charge in [0.2, 0.25) is 0 Å². The van der Waals surface area contributed by atoms with E-state index in [9.17, 15) is 9.59 Å². The van der Waals surface area contributed by atoms with E-state index in [0.717, 1.165) is 12.8 Å². The molecule has 3 N–H and O–H groups in total. The number of hydrogen-bond donors (Lipinski definition) is 2. The maximum absolute atomic E-state index is 10.4. The number of Topliss-reactive ketones (excluding diaryl/α,β-unsaturated/α-hetero) is 1. The Bertz CT molecular complexity index is 129. The molecule has 0 saturated carbocycles. The van der Waals surface area contributed by atoms with Crippen LogP contribution in [0.15, 0.2) is 0 Å². The van der Waals surface area contributed by atoms with Crippen LogP contribution in [-0.2, 0) is 4.79 Å². The van der Waals surface area contributed by atoms with Gasteiger partial charge in [0.15, 0.2) is 0 Å². The third-order valence-corrected chi connectivity index (χ3v) is 1.25. The van der Waals surface area contributed by atoms with Gasteiger partial charge in [-0.25, -0.2) is 4.79 Å². The third kappa shape index (κ3) is 8.94. The van der Waals surface area contributed by atoms with E-state index < -0.39 is 6.03 Å². The molecule has 0 fully saturated rings. The molecule has 0 heterocycles. The van der Waals surface area contributed by atoms with Gasteiger partial charge >= 0.3 is 6.03 Å². The number of ketones is 1. The minimum absolute atomic E-state index is 0.184. The van der Waals surface area contributed by atoms with Gasteiger partial charge in [-0.15, -0.1) is 0 Å². The second kappa shape index (κ2) is 5.70. The van der Waals surface area contributed by atoms with Crippen molar-refractivity contribution in [2.45, 2.75) is 26.2 Å². The third-order valence-electron chi connectivity index (χ3n) is 1.25. The molecule has 64 valence electrons. The van der Waals surface area contributed by atoms with Crippen LogP contribution in [-0.4, -0.2) is 18.4 Å². The predicted molar refractivity (Wildman–Crippen MR) is 42.1 cm³/mol. The van der Waals surface area contributed by atoms with Crippen molar-refractivity contribution in [2.24, 2.45) is 5.73 Å². The summed E-state index contributed by atoms with van der Waals surface area (Å²) in [5.41, 5.74) is 4.82. The van der Waals surface area contributed by atoms with E-state index in [0.29, 0.717) is 13.0 Å². The van der Waals surface area contributed by atoms with Crippen molar-refractivity contribution in [1.82, 2.24) is 5.32 Å².